The first-order chi connectivity index (χ1) is 15.1. The van der Waals surface area contributed by atoms with E-state index in [4.69, 9.17) is 21.8 Å². The van der Waals surface area contributed by atoms with E-state index in [9.17, 15) is 0 Å². The molecule has 164 valence electrons. The Labute approximate surface area is 188 Å². The minimum atomic E-state index is -3.48. The second kappa shape index (κ2) is 13.3. The molecule has 0 saturated heterocycles. The van der Waals surface area contributed by atoms with Crippen LogP contribution in [0, 0.1) is 22.9 Å². The number of benzene rings is 2. The third-order valence-corrected chi connectivity index (χ3v) is 9.56. The average molecular weight is 455 g/mol. The lowest BCUT2D eigenvalue weighted by atomic mass is 10.2. The molecule has 0 aliphatic carbocycles. The Kier molecular flexibility index (Phi) is 10.7. The zero-order valence-electron chi connectivity index (χ0n) is 18.6. The fraction of sp³-hybridized carbons (Fsp3) is 0.333. The third kappa shape index (κ3) is 8.10. The van der Waals surface area contributed by atoms with Gasteiger partial charge in [0.25, 0.3) is 0 Å². The number of rotatable bonds is 10. The summed E-state index contributed by atoms with van der Waals surface area (Å²) in [7, 11) is -6.96. The van der Waals surface area contributed by atoms with E-state index in [-0.39, 0.29) is 0 Å². The summed E-state index contributed by atoms with van der Waals surface area (Å²) >= 11 is 0. The molecule has 0 saturated carbocycles. The second-order valence-electron chi connectivity index (χ2n) is 6.18. The first-order valence-corrected chi connectivity index (χ1v) is 14.0. The molecule has 0 fully saturated rings. The fourth-order valence-corrected chi connectivity index (χ4v) is 8.01. The van der Waals surface area contributed by atoms with Gasteiger partial charge in [0.15, 0.2) is 0 Å². The smallest absolute Gasteiger partial charge is 0.365 e. The molecular weight excluding hydrogens is 424 g/mol. The zero-order chi connectivity index (χ0) is 22.4. The van der Waals surface area contributed by atoms with E-state index in [0.29, 0.717) is 26.4 Å². The lowest BCUT2D eigenvalue weighted by molar-refractivity contribution is 0.0689. The Morgan fingerprint density at radius 3 is 1.16 bits per heavy atom. The SMILES string of the molecule is CCO[Si](C#Cc1ccccc1)(OCC)O[Si](C#Cc1ccccc1)(OCC)OCC. The molecule has 0 spiro atoms. The first-order valence-electron chi connectivity index (χ1n) is 10.5. The summed E-state index contributed by atoms with van der Waals surface area (Å²) in [5.74, 6) is 6.27. The van der Waals surface area contributed by atoms with Crippen molar-refractivity contribution in [3.63, 3.8) is 0 Å². The average Bonchev–Trinajstić information content (AvgIpc) is 2.79. The van der Waals surface area contributed by atoms with Gasteiger partial charge < -0.3 is 21.8 Å². The molecule has 0 aromatic heterocycles. The quantitative estimate of drug-likeness (QED) is 0.398. The van der Waals surface area contributed by atoms with E-state index < -0.39 is 17.6 Å². The third-order valence-electron chi connectivity index (χ3n) is 3.87. The summed E-state index contributed by atoms with van der Waals surface area (Å²) in [5.41, 5.74) is 7.99. The van der Waals surface area contributed by atoms with Crippen molar-refractivity contribution in [3.05, 3.63) is 71.8 Å². The van der Waals surface area contributed by atoms with Crippen molar-refractivity contribution < 1.29 is 21.8 Å². The van der Waals surface area contributed by atoms with E-state index in [1.807, 2.05) is 88.4 Å². The van der Waals surface area contributed by atoms with Crippen LogP contribution < -0.4 is 0 Å². The minimum Gasteiger partial charge on any atom is -0.365 e. The maximum absolute atomic E-state index is 6.47. The van der Waals surface area contributed by atoms with Gasteiger partial charge in [-0.2, -0.15) is 0 Å². The largest absolute Gasteiger partial charge is 0.585 e. The normalized spacial score (nSPS) is 11.2. The second-order valence-corrected chi connectivity index (χ2v) is 10.9. The van der Waals surface area contributed by atoms with Crippen molar-refractivity contribution in [2.75, 3.05) is 26.4 Å². The molecule has 2 aromatic rings. The molecule has 0 radical (unpaired) electrons. The van der Waals surface area contributed by atoms with Crippen LogP contribution in [0.1, 0.15) is 38.8 Å². The molecule has 0 aliphatic rings. The summed E-state index contributed by atoms with van der Waals surface area (Å²) in [6.45, 7) is 9.05. The highest BCUT2D eigenvalue weighted by atomic mass is 28.5. The highest BCUT2D eigenvalue weighted by Gasteiger charge is 2.53. The van der Waals surface area contributed by atoms with Gasteiger partial charge in [-0.05, 0) is 63.0 Å². The summed E-state index contributed by atoms with van der Waals surface area (Å²) in [6, 6.07) is 19.3. The number of hydrogen-bond donors (Lipinski definition) is 0. The molecule has 2 aromatic carbocycles. The summed E-state index contributed by atoms with van der Waals surface area (Å²) < 4.78 is 30.6. The number of hydrogen-bond acceptors (Lipinski definition) is 5. The Morgan fingerprint density at radius 1 is 0.548 bits per heavy atom. The van der Waals surface area contributed by atoms with E-state index >= 15 is 0 Å². The van der Waals surface area contributed by atoms with Crippen molar-refractivity contribution in [1.82, 2.24) is 0 Å². The Hall–Kier alpha value is -2.21. The molecule has 5 nitrogen and oxygen atoms in total. The topological polar surface area (TPSA) is 46.2 Å². The fourth-order valence-electron chi connectivity index (χ4n) is 2.67. The van der Waals surface area contributed by atoms with Gasteiger partial charge >= 0.3 is 17.6 Å². The first kappa shape index (κ1) is 25.1. The van der Waals surface area contributed by atoms with Crippen molar-refractivity contribution >= 4 is 17.6 Å². The van der Waals surface area contributed by atoms with Crippen molar-refractivity contribution in [1.29, 1.82) is 0 Å². The molecule has 0 atom stereocenters. The zero-order valence-corrected chi connectivity index (χ0v) is 20.6. The molecule has 31 heavy (non-hydrogen) atoms. The lowest BCUT2D eigenvalue weighted by Crippen LogP contribution is -2.58. The lowest BCUT2D eigenvalue weighted by Gasteiger charge is -2.31. The molecule has 7 heteroatoms. The molecule has 0 N–H and O–H groups in total. The van der Waals surface area contributed by atoms with E-state index in [1.54, 1.807) is 0 Å². The van der Waals surface area contributed by atoms with E-state index in [0.717, 1.165) is 11.1 Å². The van der Waals surface area contributed by atoms with Gasteiger partial charge in [-0.3, -0.25) is 0 Å². The van der Waals surface area contributed by atoms with Crippen molar-refractivity contribution in [2.45, 2.75) is 27.7 Å². The molecule has 2 rings (SSSR count). The Balaban J connectivity index is 2.50. The van der Waals surface area contributed by atoms with Gasteiger partial charge in [-0.1, -0.05) is 48.2 Å². The van der Waals surface area contributed by atoms with Crippen molar-refractivity contribution in [2.24, 2.45) is 0 Å². The van der Waals surface area contributed by atoms with Crippen LogP contribution in [0.4, 0.5) is 0 Å². The molecule has 0 heterocycles. The highest BCUT2D eigenvalue weighted by molar-refractivity contribution is 6.83. The van der Waals surface area contributed by atoms with Crippen LogP contribution in [-0.4, -0.2) is 44.0 Å². The monoisotopic (exact) mass is 454 g/mol. The molecule has 0 aliphatic heterocycles. The molecular formula is C24H30O5Si2. The summed E-state index contributed by atoms with van der Waals surface area (Å²) in [4.78, 5) is 0. The van der Waals surface area contributed by atoms with Crippen LogP contribution in [0.2, 0.25) is 0 Å². The Morgan fingerprint density at radius 2 is 0.871 bits per heavy atom. The maximum atomic E-state index is 6.47. The van der Waals surface area contributed by atoms with Gasteiger partial charge in [0.05, 0.1) is 0 Å². The minimum absolute atomic E-state index is 0.379. The van der Waals surface area contributed by atoms with E-state index in [1.165, 1.54) is 0 Å². The van der Waals surface area contributed by atoms with E-state index in [2.05, 4.69) is 22.9 Å². The van der Waals surface area contributed by atoms with Gasteiger partial charge in [0, 0.05) is 37.6 Å². The molecule has 0 unspecified atom stereocenters. The van der Waals surface area contributed by atoms with Crippen LogP contribution in [0.3, 0.4) is 0 Å². The summed E-state index contributed by atoms with van der Waals surface area (Å²) in [5, 5.41) is 0. The van der Waals surface area contributed by atoms with Gasteiger partial charge in [-0.15, -0.1) is 0 Å². The highest BCUT2D eigenvalue weighted by Crippen LogP contribution is 2.20. The summed E-state index contributed by atoms with van der Waals surface area (Å²) in [6.07, 6.45) is 0. The van der Waals surface area contributed by atoms with Gasteiger partial charge in [0.2, 0.25) is 0 Å². The standard InChI is InChI=1S/C24H30O5Si2/c1-5-25-30(26-6-2,21-19-23-15-11-9-12-16-23)29-31(27-7-3,28-8-4)22-20-24-17-13-10-14-18-24/h9-18H,5-8H2,1-4H3. The van der Waals surface area contributed by atoms with Crippen LogP contribution in [-0.2, 0) is 21.8 Å². The van der Waals surface area contributed by atoms with Crippen LogP contribution in [0.25, 0.3) is 0 Å². The van der Waals surface area contributed by atoms with Crippen molar-refractivity contribution in [3.8, 4) is 22.9 Å². The van der Waals surface area contributed by atoms with Gasteiger partial charge in [-0.25, -0.2) is 0 Å². The van der Waals surface area contributed by atoms with Gasteiger partial charge in [0.1, 0.15) is 0 Å². The maximum Gasteiger partial charge on any atom is 0.585 e. The molecule has 0 bridgehead atoms. The van der Waals surface area contributed by atoms with Crippen LogP contribution in [0.5, 0.6) is 0 Å². The predicted octanol–water partition coefficient (Wildman–Crippen LogP) is 4.21. The molecule has 0 amide bonds. The Bertz CT molecular complexity index is 810. The predicted molar refractivity (Wildman–Crippen MR) is 126 cm³/mol. The van der Waals surface area contributed by atoms with Crippen LogP contribution in [0.15, 0.2) is 60.7 Å². The van der Waals surface area contributed by atoms with Crippen LogP contribution >= 0.6 is 0 Å².